The van der Waals surface area contributed by atoms with Gasteiger partial charge < -0.3 is 44.6 Å². The number of imidazole rings is 2. The highest BCUT2D eigenvalue weighted by molar-refractivity contribution is 5.87. The van der Waals surface area contributed by atoms with Crippen LogP contribution in [0.1, 0.15) is 82.7 Å². The van der Waals surface area contributed by atoms with E-state index in [1.807, 2.05) is 39.8 Å². The van der Waals surface area contributed by atoms with Crippen molar-refractivity contribution in [1.82, 2.24) is 40.4 Å². The predicted octanol–water partition coefficient (Wildman–Crippen LogP) is 6.11. The molecule has 0 radical (unpaired) electrons. The number of ether oxygens (including phenoxy) is 3. The second-order valence-corrected chi connectivity index (χ2v) is 15.3. The molecule has 7 rings (SSSR count). The number of H-pyrrole nitrogens is 2. The van der Waals surface area contributed by atoms with Gasteiger partial charge in [0.05, 0.1) is 50.1 Å². The molecule has 0 aliphatic carbocycles. The van der Waals surface area contributed by atoms with Gasteiger partial charge in [-0.15, -0.1) is 0 Å². The Hall–Kier alpha value is -5.86. The van der Waals surface area contributed by atoms with E-state index in [1.165, 1.54) is 14.2 Å². The van der Waals surface area contributed by atoms with E-state index in [1.54, 1.807) is 22.2 Å². The van der Waals surface area contributed by atoms with Crippen molar-refractivity contribution in [2.75, 3.05) is 27.3 Å². The molecule has 4 aromatic rings. The number of amides is 4. The van der Waals surface area contributed by atoms with Gasteiger partial charge in [-0.05, 0) is 72.4 Å². The highest BCUT2D eigenvalue weighted by atomic mass is 16.5. The van der Waals surface area contributed by atoms with Crippen LogP contribution in [0.3, 0.4) is 0 Å². The van der Waals surface area contributed by atoms with E-state index < -0.39 is 24.3 Å². The molecule has 0 bridgehead atoms. The number of aromatic nitrogens is 4. The lowest BCUT2D eigenvalue weighted by Crippen LogP contribution is -2.51. The number of likely N-dealkylation sites (tertiary alicyclic amines) is 2. The molecule has 3 aliphatic heterocycles. The summed E-state index contributed by atoms with van der Waals surface area (Å²) >= 11 is 0. The Morgan fingerprint density at radius 3 is 1.70 bits per heavy atom. The first-order chi connectivity index (χ1) is 27.0. The van der Waals surface area contributed by atoms with Crippen molar-refractivity contribution in [3.8, 4) is 39.4 Å². The topological polar surface area (TPSA) is 184 Å². The maximum Gasteiger partial charge on any atom is 0.407 e. The SMILES string of the molecule is COC(=O)N[C@H](C(=O)N1CCC[C@H]1c1ncc(-c2ccc3c(c2)COc2cc(-c4cnc([C@@H]5CCCN5C(=O)[C@@H](NC(=O)OC)C(C)C)[nH]4)ccc2-3)[nH]1)C(C)C. The average molecular weight is 767 g/mol. The van der Waals surface area contributed by atoms with Crippen LogP contribution in [0, 0.1) is 11.8 Å². The highest BCUT2D eigenvalue weighted by Gasteiger charge is 2.39. The van der Waals surface area contributed by atoms with Crippen LogP contribution in [0.4, 0.5) is 9.59 Å². The number of carbonyl (C=O) groups is 4. The van der Waals surface area contributed by atoms with E-state index in [0.29, 0.717) is 31.3 Å². The first-order valence-corrected chi connectivity index (χ1v) is 19.3. The van der Waals surface area contributed by atoms with Gasteiger partial charge in [-0.25, -0.2) is 19.6 Å². The monoisotopic (exact) mass is 766 g/mol. The lowest BCUT2D eigenvalue weighted by atomic mass is 9.93. The van der Waals surface area contributed by atoms with Crippen LogP contribution >= 0.6 is 0 Å². The van der Waals surface area contributed by atoms with Gasteiger partial charge in [0.25, 0.3) is 0 Å². The van der Waals surface area contributed by atoms with E-state index in [9.17, 15) is 19.2 Å². The molecule has 0 spiro atoms. The first-order valence-electron chi connectivity index (χ1n) is 19.3. The number of alkyl carbamates (subject to hydrolysis) is 2. The van der Waals surface area contributed by atoms with Crippen molar-refractivity contribution in [3.05, 3.63) is 66.0 Å². The molecular formula is C41H50N8O7. The number of carbonyl (C=O) groups excluding carboxylic acids is 4. The van der Waals surface area contributed by atoms with Crippen LogP contribution in [0.25, 0.3) is 33.6 Å². The van der Waals surface area contributed by atoms with Crippen molar-refractivity contribution < 1.29 is 33.4 Å². The summed E-state index contributed by atoms with van der Waals surface area (Å²) in [6.07, 6.45) is 5.54. The second-order valence-electron chi connectivity index (χ2n) is 15.3. The normalized spacial score (nSPS) is 18.6. The molecule has 4 amide bonds. The molecule has 56 heavy (non-hydrogen) atoms. The van der Waals surface area contributed by atoms with Crippen LogP contribution in [0.2, 0.25) is 0 Å². The third kappa shape index (κ3) is 7.54. The summed E-state index contributed by atoms with van der Waals surface area (Å²) in [5, 5.41) is 5.39. The van der Waals surface area contributed by atoms with Gasteiger partial charge in [-0.2, -0.15) is 0 Å². The van der Waals surface area contributed by atoms with Gasteiger partial charge in [-0.3, -0.25) is 9.59 Å². The van der Waals surface area contributed by atoms with Gasteiger partial charge in [-0.1, -0.05) is 45.9 Å². The summed E-state index contributed by atoms with van der Waals surface area (Å²) in [5.41, 5.74) is 6.64. The van der Waals surface area contributed by atoms with Crippen molar-refractivity contribution in [3.63, 3.8) is 0 Å². The minimum atomic E-state index is -0.701. The van der Waals surface area contributed by atoms with Crippen molar-refractivity contribution >= 4 is 24.0 Å². The van der Waals surface area contributed by atoms with Gasteiger partial charge in [0.15, 0.2) is 0 Å². The van der Waals surface area contributed by atoms with Crippen molar-refractivity contribution in [2.45, 2.75) is 84.2 Å². The second kappa shape index (κ2) is 16.1. The fourth-order valence-corrected chi connectivity index (χ4v) is 8.02. The molecule has 5 heterocycles. The van der Waals surface area contributed by atoms with Gasteiger partial charge in [0.2, 0.25) is 11.8 Å². The number of aromatic amines is 2. The fraction of sp³-hybridized carbons (Fsp3) is 0.463. The molecule has 296 valence electrons. The number of rotatable bonds is 10. The lowest BCUT2D eigenvalue weighted by molar-refractivity contribution is -0.136. The van der Waals surface area contributed by atoms with Crippen LogP contribution in [0.5, 0.6) is 5.75 Å². The van der Waals surface area contributed by atoms with E-state index >= 15 is 0 Å². The fourth-order valence-electron chi connectivity index (χ4n) is 8.02. The zero-order chi connectivity index (χ0) is 39.7. The smallest absolute Gasteiger partial charge is 0.407 e. The van der Waals surface area contributed by atoms with Crippen LogP contribution in [-0.4, -0.2) is 93.1 Å². The first kappa shape index (κ1) is 38.4. The Kier molecular flexibility index (Phi) is 11.0. The Labute approximate surface area is 325 Å². The summed E-state index contributed by atoms with van der Waals surface area (Å²) in [6.45, 7) is 9.14. The predicted molar refractivity (Wildman–Crippen MR) is 207 cm³/mol. The Morgan fingerprint density at radius 1 is 0.732 bits per heavy atom. The number of methoxy groups -OCH3 is 2. The molecule has 4 atom stereocenters. The van der Waals surface area contributed by atoms with E-state index in [0.717, 1.165) is 70.6 Å². The third-order valence-corrected chi connectivity index (χ3v) is 11.1. The maximum atomic E-state index is 13.6. The van der Waals surface area contributed by atoms with Gasteiger partial charge in [0, 0.05) is 24.2 Å². The minimum absolute atomic E-state index is 0.114. The van der Waals surface area contributed by atoms with Crippen molar-refractivity contribution in [1.29, 1.82) is 0 Å². The third-order valence-electron chi connectivity index (χ3n) is 11.1. The maximum absolute atomic E-state index is 13.6. The summed E-state index contributed by atoms with van der Waals surface area (Å²) in [6, 6.07) is 10.5. The molecule has 15 heteroatoms. The number of benzene rings is 2. The number of nitrogens with one attached hydrogen (secondary N) is 4. The summed E-state index contributed by atoms with van der Waals surface area (Å²) in [5.74, 6) is 1.65. The standard InChI is InChI=1S/C41H50N8O7/c1-22(2)34(46-40(52)54-5)38(50)48-15-7-9-31(48)36-42-19-29(44-36)24-11-13-27-26(17-24)21-56-33-18-25(12-14-28(27)33)30-20-43-37(45-30)32-10-8-16-49(32)39(51)35(23(3)4)47-41(53)55-6/h11-14,17-20,22-23,31-32,34-35H,7-10,15-16,21H2,1-6H3,(H,42,44)(H,43,45)(H,46,52)(H,47,53)/t31-,32-,34-,35-/m0/s1. The van der Waals surface area contributed by atoms with Crippen LogP contribution < -0.4 is 15.4 Å². The largest absolute Gasteiger partial charge is 0.488 e. The van der Waals surface area contributed by atoms with Crippen LogP contribution in [0.15, 0.2) is 48.8 Å². The molecule has 4 N–H and O–H groups in total. The Balaban J connectivity index is 1.05. The molecular weight excluding hydrogens is 716 g/mol. The van der Waals surface area contributed by atoms with Crippen molar-refractivity contribution in [2.24, 2.45) is 11.8 Å². The molecule has 2 saturated heterocycles. The molecule has 0 unspecified atom stereocenters. The molecule has 15 nitrogen and oxygen atoms in total. The summed E-state index contributed by atoms with van der Waals surface area (Å²) < 4.78 is 15.8. The van der Waals surface area contributed by atoms with Crippen LogP contribution in [-0.2, 0) is 25.7 Å². The zero-order valence-corrected chi connectivity index (χ0v) is 32.7. The number of fused-ring (bicyclic) bond motifs is 3. The Bertz CT molecular complexity index is 1960. The quantitative estimate of drug-likeness (QED) is 0.148. The van der Waals surface area contributed by atoms with Gasteiger partial charge >= 0.3 is 12.2 Å². The highest BCUT2D eigenvalue weighted by Crippen LogP contribution is 2.42. The lowest BCUT2D eigenvalue weighted by Gasteiger charge is -2.30. The average Bonchev–Trinajstić information content (AvgIpc) is 4.04. The van der Waals surface area contributed by atoms with E-state index in [2.05, 4.69) is 44.9 Å². The summed E-state index contributed by atoms with van der Waals surface area (Å²) in [7, 11) is 2.57. The number of hydrogen-bond acceptors (Lipinski definition) is 9. The zero-order valence-electron chi connectivity index (χ0n) is 32.7. The van der Waals surface area contributed by atoms with E-state index in [4.69, 9.17) is 24.2 Å². The molecule has 2 aromatic carbocycles. The number of hydrogen-bond donors (Lipinski definition) is 4. The van der Waals surface area contributed by atoms with Gasteiger partial charge in [0.1, 0.15) is 36.1 Å². The van der Waals surface area contributed by atoms with E-state index in [-0.39, 0.29) is 35.7 Å². The molecule has 2 fully saturated rings. The summed E-state index contributed by atoms with van der Waals surface area (Å²) in [4.78, 5) is 71.1. The molecule has 0 saturated carbocycles. The molecule has 2 aromatic heterocycles. The molecule has 3 aliphatic rings. The Morgan fingerprint density at radius 2 is 1.21 bits per heavy atom. The minimum Gasteiger partial charge on any atom is -0.488 e. The number of nitrogens with zero attached hydrogens (tertiary/aromatic N) is 4.